The van der Waals surface area contributed by atoms with Crippen LogP contribution in [0.25, 0.3) is 0 Å². The number of ether oxygens (including phenoxy) is 1. The van der Waals surface area contributed by atoms with E-state index < -0.39 is 6.10 Å². The molecule has 2 atom stereocenters. The van der Waals surface area contributed by atoms with Gasteiger partial charge in [-0.15, -0.1) is 0 Å². The van der Waals surface area contributed by atoms with Crippen LogP contribution in [0.5, 0.6) is 5.75 Å². The highest BCUT2D eigenvalue weighted by molar-refractivity contribution is 5.23. The maximum absolute atomic E-state index is 13.5. The fourth-order valence-corrected chi connectivity index (χ4v) is 4.09. The Hall–Kier alpha value is -1.17. The molecule has 2 unspecified atom stereocenters. The van der Waals surface area contributed by atoms with E-state index in [0.717, 1.165) is 25.7 Å². The summed E-state index contributed by atoms with van der Waals surface area (Å²) in [7, 11) is 0. The van der Waals surface area contributed by atoms with E-state index in [-0.39, 0.29) is 18.2 Å². The van der Waals surface area contributed by atoms with Crippen molar-refractivity contribution in [1.82, 2.24) is 9.80 Å². The lowest BCUT2D eigenvalue weighted by Crippen LogP contribution is -2.56. The summed E-state index contributed by atoms with van der Waals surface area (Å²) in [6, 6.07) is 7.60. The van der Waals surface area contributed by atoms with Crippen LogP contribution >= 0.6 is 0 Å². The van der Waals surface area contributed by atoms with Gasteiger partial charge in [0.1, 0.15) is 12.7 Å². The molecule has 0 bridgehead atoms. The van der Waals surface area contributed by atoms with E-state index in [1.807, 2.05) is 0 Å². The number of aliphatic hydroxyl groups is 1. The molecule has 1 aliphatic heterocycles. The molecule has 1 saturated carbocycles. The summed E-state index contributed by atoms with van der Waals surface area (Å²) in [6.45, 7) is 6.03. The fraction of sp³-hybridized carbons (Fsp3) is 0.684. The third-order valence-corrected chi connectivity index (χ3v) is 5.29. The average Bonchev–Trinajstić information content (AvgIpc) is 3.08. The van der Waals surface area contributed by atoms with E-state index >= 15 is 0 Å². The molecule has 1 heterocycles. The molecule has 24 heavy (non-hydrogen) atoms. The molecule has 3 rings (SSSR count). The van der Waals surface area contributed by atoms with E-state index in [4.69, 9.17) is 4.74 Å². The van der Waals surface area contributed by atoms with Crippen molar-refractivity contribution in [3.05, 3.63) is 30.1 Å². The van der Waals surface area contributed by atoms with Gasteiger partial charge in [-0.05, 0) is 31.9 Å². The predicted octanol–water partition coefficient (Wildman–Crippen LogP) is 2.51. The molecule has 0 spiro atoms. The Balaban J connectivity index is 1.42. The van der Waals surface area contributed by atoms with Crippen LogP contribution in [0.1, 0.15) is 32.6 Å². The first-order valence-electron chi connectivity index (χ1n) is 9.17. The van der Waals surface area contributed by atoms with Gasteiger partial charge in [0.15, 0.2) is 11.6 Å². The van der Waals surface area contributed by atoms with Crippen LogP contribution < -0.4 is 4.74 Å². The van der Waals surface area contributed by atoms with Crippen molar-refractivity contribution in [2.45, 2.75) is 50.8 Å². The third kappa shape index (κ3) is 4.47. The molecule has 0 radical (unpaired) electrons. The van der Waals surface area contributed by atoms with Crippen LogP contribution in [0.3, 0.4) is 0 Å². The number of rotatable bonds is 6. The summed E-state index contributed by atoms with van der Waals surface area (Å²) in [4.78, 5) is 4.94. The molecule has 5 heteroatoms. The first-order valence-corrected chi connectivity index (χ1v) is 9.17. The number of aliphatic hydroxyl groups excluding tert-OH is 1. The fourth-order valence-electron chi connectivity index (χ4n) is 4.09. The van der Waals surface area contributed by atoms with Gasteiger partial charge in [-0.2, -0.15) is 0 Å². The molecule has 1 aromatic carbocycles. The smallest absolute Gasteiger partial charge is 0.165 e. The first kappa shape index (κ1) is 17.6. The van der Waals surface area contributed by atoms with Crippen LogP contribution in [0.15, 0.2) is 24.3 Å². The zero-order chi connectivity index (χ0) is 16.9. The molecule has 1 aliphatic carbocycles. The largest absolute Gasteiger partial charge is 0.488 e. The number of hydrogen-bond acceptors (Lipinski definition) is 4. The number of nitrogens with zero attached hydrogens (tertiary/aromatic N) is 2. The summed E-state index contributed by atoms with van der Waals surface area (Å²) in [5, 5.41) is 10.2. The summed E-state index contributed by atoms with van der Waals surface area (Å²) in [6.07, 6.45) is 4.80. The minimum Gasteiger partial charge on any atom is -0.488 e. The van der Waals surface area contributed by atoms with Gasteiger partial charge in [0, 0.05) is 38.3 Å². The van der Waals surface area contributed by atoms with E-state index in [2.05, 4.69) is 16.7 Å². The number of halogens is 1. The van der Waals surface area contributed by atoms with Crippen LogP contribution in [-0.4, -0.2) is 65.9 Å². The maximum Gasteiger partial charge on any atom is 0.165 e. The van der Waals surface area contributed by atoms with Gasteiger partial charge in [0.2, 0.25) is 0 Å². The molecule has 134 valence electrons. The highest BCUT2D eigenvalue weighted by Crippen LogP contribution is 2.26. The van der Waals surface area contributed by atoms with Crippen molar-refractivity contribution in [1.29, 1.82) is 0 Å². The van der Waals surface area contributed by atoms with E-state index in [0.29, 0.717) is 12.6 Å². The number of piperazine rings is 1. The summed E-state index contributed by atoms with van der Waals surface area (Å²) in [5.41, 5.74) is 0. The topological polar surface area (TPSA) is 35.9 Å². The van der Waals surface area contributed by atoms with Gasteiger partial charge in [0.05, 0.1) is 0 Å². The number of para-hydroxylation sites is 1. The Kier molecular flexibility index (Phi) is 6.09. The molecule has 0 amide bonds. The summed E-state index contributed by atoms with van der Waals surface area (Å²) in [5.74, 6) is -0.181. The van der Waals surface area contributed by atoms with Crippen molar-refractivity contribution in [3.8, 4) is 5.75 Å². The van der Waals surface area contributed by atoms with Crippen LogP contribution in [-0.2, 0) is 0 Å². The molecule has 4 nitrogen and oxygen atoms in total. The maximum atomic E-state index is 13.5. The van der Waals surface area contributed by atoms with Crippen molar-refractivity contribution >= 4 is 0 Å². The normalized spacial score (nSPS) is 25.0. The van der Waals surface area contributed by atoms with E-state index in [1.165, 1.54) is 31.7 Å². The second-order valence-corrected chi connectivity index (χ2v) is 7.18. The molecular formula is C19H29FN2O2. The Morgan fingerprint density at radius 2 is 2.00 bits per heavy atom. The van der Waals surface area contributed by atoms with Crippen molar-refractivity contribution < 1.29 is 14.2 Å². The minimum absolute atomic E-state index is 0.123. The monoisotopic (exact) mass is 336 g/mol. The van der Waals surface area contributed by atoms with Crippen molar-refractivity contribution in [2.24, 2.45) is 0 Å². The van der Waals surface area contributed by atoms with Crippen LogP contribution in [0.4, 0.5) is 4.39 Å². The molecule has 2 aliphatic rings. The van der Waals surface area contributed by atoms with Gasteiger partial charge < -0.3 is 9.84 Å². The molecule has 2 fully saturated rings. The zero-order valence-electron chi connectivity index (χ0n) is 14.5. The Morgan fingerprint density at radius 3 is 2.71 bits per heavy atom. The molecule has 1 saturated heterocycles. The molecule has 1 N–H and O–H groups in total. The first-order chi connectivity index (χ1) is 11.6. The van der Waals surface area contributed by atoms with Gasteiger partial charge in [0.25, 0.3) is 0 Å². The third-order valence-electron chi connectivity index (χ3n) is 5.29. The SMILES string of the molecule is CC1CN(CC(O)COc2ccccc2F)CCN1C1CCCC1. The zero-order valence-corrected chi connectivity index (χ0v) is 14.5. The van der Waals surface area contributed by atoms with E-state index in [9.17, 15) is 9.50 Å². The predicted molar refractivity (Wildman–Crippen MR) is 92.8 cm³/mol. The molecular weight excluding hydrogens is 307 g/mol. The Bertz CT molecular complexity index is 522. The van der Waals surface area contributed by atoms with Crippen molar-refractivity contribution in [3.63, 3.8) is 0 Å². The summed E-state index contributed by atoms with van der Waals surface area (Å²) < 4.78 is 18.9. The lowest BCUT2D eigenvalue weighted by Gasteiger charge is -2.43. The lowest BCUT2D eigenvalue weighted by molar-refractivity contribution is 0.0132. The standard InChI is InChI=1S/C19H29FN2O2/c1-15-12-21(10-11-22(15)16-6-2-3-7-16)13-17(23)14-24-19-9-5-4-8-18(19)20/h4-5,8-9,15-17,23H,2-3,6-7,10-14H2,1H3. The van der Waals surface area contributed by atoms with Gasteiger partial charge >= 0.3 is 0 Å². The van der Waals surface area contributed by atoms with Crippen LogP contribution in [0.2, 0.25) is 0 Å². The minimum atomic E-state index is -0.602. The van der Waals surface area contributed by atoms with Crippen molar-refractivity contribution in [2.75, 3.05) is 32.8 Å². The second-order valence-electron chi connectivity index (χ2n) is 7.18. The number of hydrogen-bond donors (Lipinski definition) is 1. The number of benzene rings is 1. The quantitative estimate of drug-likeness (QED) is 0.866. The average molecular weight is 336 g/mol. The number of β-amino-alcohol motifs (C(OH)–C–C–N with tert-alkyl or cyclic N) is 1. The second kappa shape index (κ2) is 8.28. The highest BCUT2D eigenvalue weighted by atomic mass is 19.1. The Labute approximate surface area is 144 Å². The van der Waals surface area contributed by atoms with Gasteiger partial charge in [-0.25, -0.2) is 4.39 Å². The highest BCUT2D eigenvalue weighted by Gasteiger charge is 2.31. The lowest BCUT2D eigenvalue weighted by atomic mass is 10.1. The van der Waals surface area contributed by atoms with Crippen LogP contribution in [0, 0.1) is 5.82 Å². The van der Waals surface area contributed by atoms with Gasteiger partial charge in [-0.3, -0.25) is 9.80 Å². The summed E-state index contributed by atoms with van der Waals surface area (Å²) >= 11 is 0. The molecule has 0 aromatic heterocycles. The molecule has 1 aromatic rings. The van der Waals surface area contributed by atoms with Gasteiger partial charge in [-0.1, -0.05) is 25.0 Å². The van der Waals surface area contributed by atoms with E-state index in [1.54, 1.807) is 18.2 Å². The Morgan fingerprint density at radius 1 is 1.25 bits per heavy atom.